The molecule has 0 aliphatic carbocycles. The Morgan fingerprint density at radius 3 is 2.90 bits per heavy atom. The minimum atomic E-state index is -2.94. The molecule has 0 fully saturated rings. The van der Waals surface area contributed by atoms with Gasteiger partial charge in [-0.05, 0) is 0 Å². The molecule has 1 aromatic rings. The molecular formula is C9H10O. The summed E-state index contributed by atoms with van der Waals surface area (Å²) in [4.78, 5) is 11.6. The average molecular weight is 139 g/mol. The molecule has 0 radical (unpaired) electrons. The molecule has 0 heterocycles. The van der Waals surface area contributed by atoms with Crippen LogP contribution in [0.15, 0.2) is 30.3 Å². The Morgan fingerprint density at radius 1 is 1.60 bits per heavy atom. The van der Waals surface area contributed by atoms with Gasteiger partial charge in [-0.25, -0.2) is 0 Å². The molecule has 1 aromatic carbocycles. The fourth-order valence-corrected chi connectivity index (χ4v) is 0.662. The van der Waals surface area contributed by atoms with E-state index in [4.69, 9.17) is 6.85 Å². The minimum absolute atomic E-state index is 0.0682. The van der Waals surface area contributed by atoms with Crippen molar-refractivity contribution in [2.24, 2.45) is 0 Å². The number of carbonyl (C=O) groups is 1. The topological polar surface area (TPSA) is 17.1 Å². The van der Waals surface area contributed by atoms with Crippen molar-refractivity contribution < 1.29 is 11.6 Å². The molecule has 10 heavy (non-hydrogen) atoms. The van der Waals surface area contributed by atoms with Crippen LogP contribution in [0.3, 0.4) is 0 Å². The third kappa shape index (κ3) is 1.44. The molecule has 0 unspecified atom stereocenters. The Balaban J connectivity index is 3.06. The van der Waals surface area contributed by atoms with E-state index in [0.29, 0.717) is 0 Å². The van der Waals surface area contributed by atoms with Crippen molar-refractivity contribution in [2.45, 2.75) is 13.2 Å². The first-order valence-corrected chi connectivity index (χ1v) is 2.86. The highest BCUT2D eigenvalue weighted by Gasteiger charge is 1.98. The summed E-state index contributed by atoms with van der Waals surface area (Å²) in [5.41, 5.74) is 0.0682. The lowest BCUT2D eigenvalue weighted by Crippen LogP contribution is -1.94. The van der Waals surface area contributed by atoms with Crippen molar-refractivity contribution in [1.29, 1.82) is 0 Å². The Hall–Kier alpha value is -1.11. The number of hydrogen-bond acceptors (Lipinski definition) is 1. The Bertz CT molecular complexity index is 355. The summed E-state index contributed by atoms with van der Waals surface area (Å²) in [7, 11) is 0. The number of carbonyl (C=O) groups excluding carboxylic acids is 1. The maximum Gasteiger partial charge on any atom is 0.162 e. The molecule has 52 valence electrons. The van der Waals surface area contributed by atoms with Gasteiger partial charge in [-0.15, -0.1) is 0 Å². The van der Waals surface area contributed by atoms with Crippen LogP contribution in [0, 0.1) is 0 Å². The molecular weight excluding hydrogens is 124 g/mol. The standard InChI is InChI=1S/C9H10O/c1-2-9(10)8-6-4-3-5-7-8/h3-7H,2H2,1H3/i1D3,2D2. The lowest BCUT2D eigenvalue weighted by atomic mass is 10.1. The van der Waals surface area contributed by atoms with Gasteiger partial charge in [0.05, 0.1) is 0 Å². The van der Waals surface area contributed by atoms with Crippen molar-refractivity contribution in [3.8, 4) is 0 Å². The molecule has 1 heteroatoms. The predicted octanol–water partition coefficient (Wildman–Crippen LogP) is 2.28. The maximum absolute atomic E-state index is 11.6. The number of benzene rings is 1. The van der Waals surface area contributed by atoms with E-state index in [0.717, 1.165) is 0 Å². The van der Waals surface area contributed by atoms with Crippen molar-refractivity contribution in [1.82, 2.24) is 0 Å². The van der Waals surface area contributed by atoms with Crippen LogP contribution in [0.25, 0.3) is 0 Å². The largest absolute Gasteiger partial charge is 0.294 e. The van der Waals surface area contributed by atoms with Gasteiger partial charge in [0.25, 0.3) is 0 Å². The maximum atomic E-state index is 11.6. The molecule has 0 aliphatic rings. The second-order valence-corrected chi connectivity index (χ2v) is 1.82. The monoisotopic (exact) mass is 139 g/mol. The highest BCUT2D eigenvalue weighted by molar-refractivity contribution is 5.95. The van der Waals surface area contributed by atoms with E-state index in [1.165, 1.54) is 12.1 Å². The average Bonchev–Trinajstić information content (AvgIpc) is 2.16. The van der Waals surface area contributed by atoms with E-state index in [1.807, 2.05) is 0 Å². The molecule has 0 saturated heterocycles. The van der Waals surface area contributed by atoms with Crippen molar-refractivity contribution in [2.75, 3.05) is 0 Å². The SMILES string of the molecule is [2H]C([2H])([2H])C([2H])([2H])C(=O)c1ccccc1. The number of ketones is 1. The van der Waals surface area contributed by atoms with Crippen molar-refractivity contribution in [3.05, 3.63) is 35.9 Å². The lowest BCUT2D eigenvalue weighted by Gasteiger charge is -1.93. The van der Waals surface area contributed by atoms with Crippen LogP contribution >= 0.6 is 0 Å². The highest BCUT2D eigenvalue weighted by atomic mass is 16.1. The van der Waals surface area contributed by atoms with E-state index >= 15 is 0 Å². The Labute approximate surface area is 67.7 Å². The summed E-state index contributed by atoms with van der Waals surface area (Å²) in [5, 5.41) is 0. The van der Waals surface area contributed by atoms with Gasteiger partial charge in [-0.2, -0.15) is 0 Å². The first kappa shape index (κ1) is 2.87. The number of hydrogen-bond donors (Lipinski definition) is 0. The van der Waals surface area contributed by atoms with E-state index < -0.39 is 19.0 Å². The lowest BCUT2D eigenvalue weighted by molar-refractivity contribution is 0.0988. The second-order valence-electron chi connectivity index (χ2n) is 1.82. The van der Waals surface area contributed by atoms with Crippen LogP contribution in [-0.2, 0) is 0 Å². The van der Waals surface area contributed by atoms with E-state index in [9.17, 15) is 4.79 Å². The van der Waals surface area contributed by atoms with Crippen LogP contribution in [0.4, 0.5) is 0 Å². The van der Waals surface area contributed by atoms with E-state index in [-0.39, 0.29) is 5.56 Å². The smallest absolute Gasteiger partial charge is 0.162 e. The molecule has 0 bridgehead atoms. The summed E-state index contributed by atoms with van der Waals surface area (Å²) in [6.07, 6.45) is -2.84. The summed E-state index contributed by atoms with van der Waals surface area (Å²) < 4.78 is 35.4. The fourth-order valence-electron chi connectivity index (χ4n) is 0.662. The first-order valence-electron chi connectivity index (χ1n) is 5.36. The molecule has 0 aliphatic heterocycles. The third-order valence-corrected chi connectivity index (χ3v) is 1.15. The van der Waals surface area contributed by atoms with Gasteiger partial charge in [0, 0.05) is 18.8 Å². The van der Waals surface area contributed by atoms with Gasteiger partial charge in [0.2, 0.25) is 0 Å². The van der Waals surface area contributed by atoms with Crippen molar-refractivity contribution >= 4 is 5.78 Å². The molecule has 1 rings (SSSR count). The highest BCUT2D eigenvalue weighted by Crippen LogP contribution is 2.01. The molecule has 0 saturated carbocycles. The second kappa shape index (κ2) is 3.16. The van der Waals surface area contributed by atoms with Crippen LogP contribution in [0.2, 0.25) is 0 Å². The predicted molar refractivity (Wildman–Crippen MR) is 41.1 cm³/mol. The summed E-state index contributed by atoms with van der Waals surface area (Å²) >= 11 is 0. The van der Waals surface area contributed by atoms with Gasteiger partial charge in [-0.1, -0.05) is 37.2 Å². The van der Waals surface area contributed by atoms with Gasteiger partial charge < -0.3 is 0 Å². The summed E-state index contributed by atoms with van der Waals surface area (Å²) in [6, 6.07) is 7.57. The van der Waals surface area contributed by atoms with Gasteiger partial charge in [-0.3, -0.25) is 4.79 Å². The molecule has 0 aromatic heterocycles. The van der Waals surface area contributed by atoms with Gasteiger partial charge in [0.1, 0.15) is 0 Å². The fraction of sp³-hybridized carbons (Fsp3) is 0.222. The number of rotatable bonds is 2. The quantitative estimate of drug-likeness (QED) is 0.574. The Kier molecular flexibility index (Phi) is 0.906. The minimum Gasteiger partial charge on any atom is -0.294 e. The first-order chi connectivity index (χ1) is 6.77. The van der Waals surface area contributed by atoms with Gasteiger partial charge >= 0.3 is 0 Å². The third-order valence-electron chi connectivity index (χ3n) is 1.15. The van der Waals surface area contributed by atoms with Crippen LogP contribution in [0.1, 0.15) is 30.4 Å². The number of Topliss-reactive ketones (excluding diaryl/α,β-unsaturated/α-hetero) is 1. The summed E-state index contributed by atoms with van der Waals surface area (Å²) in [5.74, 6) is -1.01. The van der Waals surface area contributed by atoms with Crippen LogP contribution in [0.5, 0.6) is 0 Å². The Morgan fingerprint density at radius 2 is 2.30 bits per heavy atom. The van der Waals surface area contributed by atoms with Crippen molar-refractivity contribution in [3.63, 3.8) is 0 Å². The van der Waals surface area contributed by atoms with E-state index in [2.05, 4.69) is 0 Å². The zero-order valence-corrected chi connectivity index (χ0v) is 5.29. The van der Waals surface area contributed by atoms with Crippen LogP contribution in [-0.4, -0.2) is 5.78 Å². The molecule has 0 atom stereocenters. The molecule has 0 amide bonds. The normalized spacial score (nSPS) is 19.4. The van der Waals surface area contributed by atoms with Crippen LogP contribution < -0.4 is 0 Å². The molecule has 1 nitrogen and oxygen atoms in total. The molecule has 0 N–H and O–H groups in total. The zero-order valence-electron chi connectivity index (χ0n) is 10.3. The van der Waals surface area contributed by atoms with Gasteiger partial charge in [0.15, 0.2) is 5.78 Å². The van der Waals surface area contributed by atoms with E-state index in [1.54, 1.807) is 18.2 Å². The molecule has 0 spiro atoms. The summed E-state index contributed by atoms with van der Waals surface area (Å²) in [6.45, 7) is -2.94. The zero-order chi connectivity index (χ0) is 11.7.